The molecule has 1 unspecified atom stereocenters. The molecule has 1 aromatic rings. The largest absolute Gasteiger partial charge is 0.468 e. The summed E-state index contributed by atoms with van der Waals surface area (Å²) >= 11 is 4.77. The molecule has 17 heavy (non-hydrogen) atoms. The Morgan fingerprint density at radius 3 is 2.76 bits per heavy atom. The summed E-state index contributed by atoms with van der Waals surface area (Å²) in [7, 11) is 3.15. The lowest BCUT2D eigenvalue weighted by Gasteiger charge is -2.12. The van der Waals surface area contributed by atoms with Crippen LogP contribution in [-0.4, -0.2) is 48.4 Å². The molecule has 0 saturated heterocycles. The van der Waals surface area contributed by atoms with Crippen LogP contribution in [0.5, 0.6) is 0 Å². The van der Waals surface area contributed by atoms with E-state index in [-0.39, 0.29) is 12.0 Å². The lowest BCUT2D eigenvalue weighted by Crippen LogP contribution is -2.35. The van der Waals surface area contributed by atoms with Crippen LogP contribution in [0.3, 0.4) is 0 Å². The highest BCUT2D eigenvalue weighted by Gasteiger charge is 2.16. The number of ether oxygens (including phenoxy) is 1. The van der Waals surface area contributed by atoms with Crippen LogP contribution < -0.4 is 5.32 Å². The van der Waals surface area contributed by atoms with E-state index in [1.54, 1.807) is 41.9 Å². The fourth-order valence-electron chi connectivity index (χ4n) is 1.12. The van der Waals surface area contributed by atoms with Crippen molar-refractivity contribution in [2.75, 3.05) is 26.2 Å². The van der Waals surface area contributed by atoms with Gasteiger partial charge in [-0.15, -0.1) is 10.2 Å². The molecule has 1 rings (SSSR count). The number of aromatic nitrogens is 2. The minimum Gasteiger partial charge on any atom is -0.468 e. The second-order valence-electron chi connectivity index (χ2n) is 3.04. The SMILES string of the molecule is CNC(CCSc1nnc(SC)s1)C(=O)OC. The molecule has 0 amide bonds. The number of nitrogens with one attached hydrogen (secondary N) is 1. The zero-order valence-electron chi connectivity index (χ0n) is 9.93. The Kier molecular flexibility index (Phi) is 6.86. The Morgan fingerprint density at radius 1 is 1.53 bits per heavy atom. The molecule has 8 heteroatoms. The number of methoxy groups -OCH3 is 1. The zero-order chi connectivity index (χ0) is 12.7. The van der Waals surface area contributed by atoms with Gasteiger partial charge in [-0.1, -0.05) is 34.9 Å². The van der Waals surface area contributed by atoms with E-state index in [9.17, 15) is 4.79 Å². The van der Waals surface area contributed by atoms with Gasteiger partial charge >= 0.3 is 5.97 Å². The first kappa shape index (κ1) is 14.7. The van der Waals surface area contributed by atoms with Crippen LogP contribution in [0.15, 0.2) is 8.68 Å². The Hall–Kier alpha value is -0.310. The quantitative estimate of drug-likeness (QED) is 0.604. The molecular weight excluding hydrogens is 278 g/mol. The summed E-state index contributed by atoms with van der Waals surface area (Å²) in [5, 5.41) is 11.0. The maximum atomic E-state index is 11.3. The van der Waals surface area contributed by atoms with Crippen molar-refractivity contribution in [3.8, 4) is 0 Å². The van der Waals surface area contributed by atoms with Gasteiger partial charge in [-0.05, 0) is 19.7 Å². The van der Waals surface area contributed by atoms with Gasteiger partial charge in [0.1, 0.15) is 6.04 Å². The highest BCUT2D eigenvalue weighted by molar-refractivity contribution is 8.02. The smallest absolute Gasteiger partial charge is 0.322 e. The van der Waals surface area contributed by atoms with E-state index in [0.717, 1.165) is 14.4 Å². The van der Waals surface area contributed by atoms with Gasteiger partial charge in [0.15, 0.2) is 8.68 Å². The lowest BCUT2D eigenvalue weighted by molar-refractivity contribution is -0.143. The van der Waals surface area contributed by atoms with Gasteiger partial charge in [-0.25, -0.2) is 0 Å². The number of rotatable bonds is 7. The molecule has 0 aromatic carbocycles. The topological polar surface area (TPSA) is 64.1 Å². The number of carbonyl (C=O) groups is 1. The van der Waals surface area contributed by atoms with Crippen molar-refractivity contribution < 1.29 is 9.53 Å². The Morgan fingerprint density at radius 2 is 2.24 bits per heavy atom. The van der Waals surface area contributed by atoms with Gasteiger partial charge < -0.3 is 10.1 Å². The fraction of sp³-hybridized carbons (Fsp3) is 0.667. The summed E-state index contributed by atoms with van der Waals surface area (Å²) in [6.07, 6.45) is 2.69. The first-order chi connectivity index (χ1) is 8.21. The van der Waals surface area contributed by atoms with Crippen molar-refractivity contribution in [1.82, 2.24) is 15.5 Å². The molecule has 0 fully saturated rings. The molecule has 5 nitrogen and oxygen atoms in total. The summed E-state index contributed by atoms with van der Waals surface area (Å²) in [6.45, 7) is 0. The van der Waals surface area contributed by atoms with Gasteiger partial charge in [0.2, 0.25) is 0 Å². The maximum Gasteiger partial charge on any atom is 0.322 e. The maximum absolute atomic E-state index is 11.3. The van der Waals surface area contributed by atoms with Gasteiger partial charge in [0.05, 0.1) is 7.11 Å². The highest BCUT2D eigenvalue weighted by atomic mass is 32.2. The Balaban J connectivity index is 2.33. The van der Waals surface area contributed by atoms with E-state index >= 15 is 0 Å². The van der Waals surface area contributed by atoms with Crippen LogP contribution in [0.25, 0.3) is 0 Å². The predicted octanol–water partition coefficient (Wildman–Crippen LogP) is 1.50. The highest BCUT2D eigenvalue weighted by Crippen LogP contribution is 2.27. The van der Waals surface area contributed by atoms with Crippen molar-refractivity contribution in [2.45, 2.75) is 21.1 Å². The van der Waals surface area contributed by atoms with Gasteiger partial charge in [0.25, 0.3) is 0 Å². The van der Waals surface area contributed by atoms with Crippen molar-refractivity contribution in [1.29, 1.82) is 0 Å². The molecule has 0 aliphatic carbocycles. The molecule has 1 N–H and O–H groups in total. The van der Waals surface area contributed by atoms with Crippen molar-refractivity contribution >= 4 is 40.8 Å². The minimum absolute atomic E-state index is 0.227. The molecule has 0 aliphatic heterocycles. The molecule has 1 atom stereocenters. The third-order valence-electron chi connectivity index (χ3n) is 2.03. The van der Waals surface area contributed by atoms with E-state index < -0.39 is 0 Å². The number of hydrogen-bond donors (Lipinski definition) is 1. The molecular formula is C9H15N3O2S3. The summed E-state index contributed by atoms with van der Waals surface area (Å²) in [4.78, 5) is 11.3. The third-order valence-corrected chi connectivity index (χ3v) is 5.09. The average Bonchev–Trinajstić information content (AvgIpc) is 2.81. The second-order valence-corrected chi connectivity index (χ2v) is 6.41. The number of nitrogens with zero attached hydrogens (tertiary/aromatic N) is 2. The fourth-order valence-corrected chi connectivity index (χ4v) is 3.64. The first-order valence-corrected chi connectivity index (χ1v) is 7.99. The van der Waals surface area contributed by atoms with E-state index in [1.165, 1.54) is 7.11 Å². The molecule has 0 radical (unpaired) electrons. The normalized spacial score (nSPS) is 12.4. The summed E-state index contributed by atoms with van der Waals surface area (Å²) in [6, 6.07) is -0.250. The van der Waals surface area contributed by atoms with Crippen LogP contribution in [0.1, 0.15) is 6.42 Å². The summed E-state index contributed by atoms with van der Waals surface area (Å²) in [5.74, 6) is 0.582. The Labute approximate surface area is 113 Å². The van der Waals surface area contributed by atoms with E-state index in [4.69, 9.17) is 0 Å². The first-order valence-electron chi connectivity index (χ1n) is 4.96. The molecule has 0 saturated carbocycles. The van der Waals surface area contributed by atoms with Crippen molar-refractivity contribution in [3.63, 3.8) is 0 Å². The number of hydrogen-bond acceptors (Lipinski definition) is 8. The minimum atomic E-state index is -0.250. The molecule has 0 bridgehead atoms. The van der Waals surface area contributed by atoms with Gasteiger partial charge in [-0.2, -0.15) is 0 Å². The second kappa shape index (κ2) is 7.91. The van der Waals surface area contributed by atoms with Crippen LogP contribution in [0.4, 0.5) is 0 Å². The van der Waals surface area contributed by atoms with Crippen molar-refractivity contribution in [3.05, 3.63) is 0 Å². The third kappa shape index (κ3) is 4.82. The number of thioether (sulfide) groups is 2. The molecule has 1 aromatic heterocycles. The monoisotopic (exact) mass is 293 g/mol. The predicted molar refractivity (Wildman–Crippen MR) is 71.9 cm³/mol. The molecule has 1 heterocycles. The number of carbonyl (C=O) groups excluding carboxylic acids is 1. The van der Waals surface area contributed by atoms with Crippen LogP contribution >= 0.6 is 34.9 Å². The summed E-state index contributed by atoms with van der Waals surface area (Å²) in [5.41, 5.74) is 0. The van der Waals surface area contributed by atoms with Crippen LogP contribution in [0, 0.1) is 0 Å². The molecule has 96 valence electrons. The average molecular weight is 293 g/mol. The van der Waals surface area contributed by atoms with Gasteiger partial charge in [-0.3, -0.25) is 4.79 Å². The number of likely N-dealkylation sites (N-methyl/N-ethyl adjacent to an activating group) is 1. The molecule has 0 aliphatic rings. The van der Waals surface area contributed by atoms with Crippen LogP contribution in [-0.2, 0) is 9.53 Å². The zero-order valence-corrected chi connectivity index (χ0v) is 12.4. The number of esters is 1. The lowest BCUT2D eigenvalue weighted by atomic mass is 10.2. The Bertz CT molecular complexity index is 359. The van der Waals surface area contributed by atoms with Gasteiger partial charge in [0, 0.05) is 5.75 Å². The van der Waals surface area contributed by atoms with E-state index in [2.05, 4.69) is 20.3 Å². The van der Waals surface area contributed by atoms with Crippen molar-refractivity contribution in [2.24, 2.45) is 0 Å². The van der Waals surface area contributed by atoms with E-state index in [1.807, 2.05) is 6.26 Å². The summed E-state index contributed by atoms with van der Waals surface area (Å²) < 4.78 is 6.59. The van der Waals surface area contributed by atoms with Crippen LogP contribution in [0.2, 0.25) is 0 Å². The standard InChI is InChI=1S/C9H15N3O2S3/c1-10-6(7(13)14-2)4-5-16-9-12-11-8(15-3)17-9/h6,10H,4-5H2,1-3H3. The van der Waals surface area contributed by atoms with E-state index in [0.29, 0.717) is 6.42 Å². The molecule has 0 spiro atoms.